The van der Waals surface area contributed by atoms with Crippen LogP contribution in [0.5, 0.6) is 0 Å². The van der Waals surface area contributed by atoms with Crippen molar-refractivity contribution in [1.82, 2.24) is 10.6 Å². The quantitative estimate of drug-likeness (QED) is 0.359. The summed E-state index contributed by atoms with van der Waals surface area (Å²) < 4.78 is 10.3. The molecule has 6 heteroatoms. The predicted molar refractivity (Wildman–Crippen MR) is 85.7 cm³/mol. The monoisotopic (exact) mass is 312 g/mol. The summed E-state index contributed by atoms with van der Waals surface area (Å²) in [4.78, 5) is 0. The molecule has 0 bridgehead atoms. The smallest absolute Gasteiger partial charge is 0.0698 e. The van der Waals surface area contributed by atoms with Crippen molar-refractivity contribution in [2.24, 2.45) is 0 Å². The van der Waals surface area contributed by atoms with Crippen LogP contribution in [0.25, 0.3) is 0 Å². The van der Waals surface area contributed by atoms with Crippen LogP contribution in [0, 0.1) is 0 Å². The second-order valence-corrected chi connectivity index (χ2v) is 4.84. The van der Waals surface area contributed by atoms with E-state index in [2.05, 4.69) is 34.9 Å². The average Bonchev–Trinajstić information content (AvgIpc) is 2.55. The van der Waals surface area contributed by atoms with Gasteiger partial charge in [-0.15, -0.1) is 0 Å². The lowest BCUT2D eigenvalue weighted by molar-refractivity contribution is 0.0937. The molecule has 1 aromatic carbocycles. The molecule has 0 aliphatic heterocycles. The van der Waals surface area contributed by atoms with Crippen LogP contribution in [0.3, 0.4) is 0 Å². The molecule has 0 unspecified atom stereocenters. The summed E-state index contributed by atoms with van der Waals surface area (Å²) in [6, 6.07) is 8.45. The van der Waals surface area contributed by atoms with Crippen LogP contribution in [0.1, 0.15) is 11.1 Å². The molecule has 0 heterocycles. The normalized spacial score (nSPS) is 11.0. The molecule has 0 atom stereocenters. The van der Waals surface area contributed by atoms with Gasteiger partial charge in [0.15, 0.2) is 0 Å². The molecule has 1 aromatic rings. The first-order chi connectivity index (χ1) is 10.9. The summed E-state index contributed by atoms with van der Waals surface area (Å²) in [5.74, 6) is 0. The summed E-state index contributed by atoms with van der Waals surface area (Å²) in [7, 11) is 0. The first-order valence-corrected chi connectivity index (χ1v) is 7.73. The maximum atomic E-state index is 8.57. The van der Waals surface area contributed by atoms with E-state index in [0.29, 0.717) is 26.4 Å². The van der Waals surface area contributed by atoms with Gasteiger partial charge in [-0.2, -0.15) is 0 Å². The highest BCUT2D eigenvalue weighted by atomic mass is 16.5. The van der Waals surface area contributed by atoms with Crippen molar-refractivity contribution >= 4 is 0 Å². The highest BCUT2D eigenvalue weighted by molar-refractivity contribution is 5.22. The van der Waals surface area contributed by atoms with Crippen LogP contribution >= 0.6 is 0 Å². The fourth-order valence-electron chi connectivity index (χ4n) is 1.86. The Morgan fingerprint density at radius 3 is 1.45 bits per heavy atom. The second-order valence-electron chi connectivity index (χ2n) is 4.84. The average molecular weight is 312 g/mol. The van der Waals surface area contributed by atoms with E-state index in [-0.39, 0.29) is 13.2 Å². The third-order valence-corrected chi connectivity index (χ3v) is 3.00. The van der Waals surface area contributed by atoms with Gasteiger partial charge in [0, 0.05) is 26.2 Å². The van der Waals surface area contributed by atoms with Crippen LogP contribution in [0.15, 0.2) is 24.3 Å². The number of ether oxygens (including phenoxy) is 2. The van der Waals surface area contributed by atoms with E-state index >= 15 is 0 Å². The zero-order valence-electron chi connectivity index (χ0n) is 13.1. The van der Waals surface area contributed by atoms with Gasteiger partial charge in [0.1, 0.15) is 0 Å². The topological polar surface area (TPSA) is 83.0 Å². The molecule has 0 spiro atoms. The number of hydrogen-bond donors (Lipinski definition) is 4. The van der Waals surface area contributed by atoms with Crippen LogP contribution in [-0.4, -0.2) is 62.9 Å². The third kappa shape index (κ3) is 9.83. The number of benzene rings is 1. The lowest BCUT2D eigenvalue weighted by Gasteiger charge is -2.08. The molecule has 0 aromatic heterocycles. The standard InChI is InChI=1S/C16H28N2O4/c19-7-11-21-9-5-17-13-15-1-2-16(4-3-15)14-18-6-10-22-12-8-20/h1-4,17-20H,5-14H2. The fourth-order valence-corrected chi connectivity index (χ4v) is 1.86. The molecule has 0 fully saturated rings. The predicted octanol–water partition coefficient (Wildman–Crippen LogP) is -0.116. The summed E-state index contributed by atoms with van der Waals surface area (Å²) in [5, 5.41) is 23.7. The van der Waals surface area contributed by atoms with Crippen molar-refractivity contribution in [3.05, 3.63) is 35.4 Å². The Morgan fingerprint density at radius 1 is 0.682 bits per heavy atom. The molecule has 0 saturated carbocycles. The first-order valence-electron chi connectivity index (χ1n) is 7.73. The third-order valence-electron chi connectivity index (χ3n) is 3.00. The Bertz CT molecular complexity index is 325. The van der Waals surface area contributed by atoms with Crippen LogP contribution in [0.4, 0.5) is 0 Å². The van der Waals surface area contributed by atoms with E-state index < -0.39 is 0 Å². The molecule has 4 N–H and O–H groups in total. The fraction of sp³-hybridized carbons (Fsp3) is 0.625. The minimum Gasteiger partial charge on any atom is -0.394 e. The Morgan fingerprint density at radius 2 is 1.09 bits per heavy atom. The lowest BCUT2D eigenvalue weighted by Crippen LogP contribution is -2.20. The maximum Gasteiger partial charge on any atom is 0.0698 e. The Balaban J connectivity index is 2.07. The van der Waals surface area contributed by atoms with Gasteiger partial charge in [-0.3, -0.25) is 0 Å². The summed E-state index contributed by atoms with van der Waals surface area (Å²) >= 11 is 0. The molecule has 0 amide bonds. The molecule has 6 nitrogen and oxygen atoms in total. The van der Waals surface area contributed by atoms with Gasteiger partial charge < -0.3 is 30.3 Å². The molecule has 22 heavy (non-hydrogen) atoms. The summed E-state index contributed by atoms with van der Waals surface area (Å²) in [5.41, 5.74) is 2.47. The van der Waals surface area contributed by atoms with Gasteiger partial charge in [0.2, 0.25) is 0 Å². The largest absolute Gasteiger partial charge is 0.394 e. The zero-order valence-corrected chi connectivity index (χ0v) is 13.1. The number of rotatable bonds is 14. The van der Waals surface area contributed by atoms with Crippen LogP contribution in [-0.2, 0) is 22.6 Å². The molecular formula is C16H28N2O4. The highest BCUT2D eigenvalue weighted by Crippen LogP contribution is 2.04. The molecule has 0 radical (unpaired) electrons. The van der Waals surface area contributed by atoms with Gasteiger partial charge in [-0.05, 0) is 11.1 Å². The number of aliphatic hydroxyl groups excluding tert-OH is 2. The van der Waals surface area contributed by atoms with Gasteiger partial charge in [-0.1, -0.05) is 24.3 Å². The highest BCUT2D eigenvalue weighted by Gasteiger charge is 1.96. The van der Waals surface area contributed by atoms with E-state index in [4.69, 9.17) is 19.7 Å². The molecular weight excluding hydrogens is 284 g/mol. The molecule has 1 rings (SSSR count). The minimum absolute atomic E-state index is 0.0725. The van der Waals surface area contributed by atoms with E-state index in [0.717, 1.165) is 26.2 Å². The zero-order chi connectivity index (χ0) is 15.9. The molecule has 0 saturated heterocycles. The van der Waals surface area contributed by atoms with Gasteiger partial charge in [-0.25, -0.2) is 0 Å². The molecule has 126 valence electrons. The van der Waals surface area contributed by atoms with Gasteiger partial charge >= 0.3 is 0 Å². The number of hydrogen-bond acceptors (Lipinski definition) is 6. The molecule has 0 aliphatic carbocycles. The van der Waals surface area contributed by atoms with Crippen molar-refractivity contribution in [3.63, 3.8) is 0 Å². The Hall–Kier alpha value is -1.02. The number of aliphatic hydroxyl groups is 2. The van der Waals surface area contributed by atoms with Crippen molar-refractivity contribution in [3.8, 4) is 0 Å². The minimum atomic E-state index is 0.0725. The molecule has 0 aliphatic rings. The number of nitrogens with one attached hydrogen (secondary N) is 2. The second kappa shape index (κ2) is 13.6. The maximum absolute atomic E-state index is 8.57. The van der Waals surface area contributed by atoms with Crippen molar-refractivity contribution in [2.75, 3.05) is 52.7 Å². The lowest BCUT2D eigenvalue weighted by atomic mass is 10.1. The van der Waals surface area contributed by atoms with E-state index in [9.17, 15) is 0 Å². The Labute approximate surface area is 132 Å². The van der Waals surface area contributed by atoms with E-state index in [1.807, 2.05) is 0 Å². The van der Waals surface area contributed by atoms with E-state index in [1.165, 1.54) is 11.1 Å². The van der Waals surface area contributed by atoms with Crippen molar-refractivity contribution in [1.29, 1.82) is 0 Å². The summed E-state index contributed by atoms with van der Waals surface area (Å²) in [6.45, 7) is 5.33. The SMILES string of the molecule is OCCOCCNCc1ccc(CNCCOCCO)cc1. The van der Waals surface area contributed by atoms with Crippen molar-refractivity contribution in [2.45, 2.75) is 13.1 Å². The van der Waals surface area contributed by atoms with Gasteiger partial charge in [0.25, 0.3) is 0 Å². The van der Waals surface area contributed by atoms with Crippen molar-refractivity contribution < 1.29 is 19.7 Å². The van der Waals surface area contributed by atoms with Crippen LogP contribution < -0.4 is 10.6 Å². The van der Waals surface area contributed by atoms with Gasteiger partial charge in [0.05, 0.1) is 39.6 Å². The summed E-state index contributed by atoms with van der Waals surface area (Å²) in [6.07, 6.45) is 0. The Kier molecular flexibility index (Phi) is 11.8. The first kappa shape index (κ1) is 19.0. The van der Waals surface area contributed by atoms with Crippen LogP contribution in [0.2, 0.25) is 0 Å². The van der Waals surface area contributed by atoms with E-state index in [1.54, 1.807) is 0 Å².